The van der Waals surface area contributed by atoms with Gasteiger partial charge >= 0.3 is 0 Å². The molecule has 1 unspecified atom stereocenters. The molecule has 1 aliphatic carbocycles. The Morgan fingerprint density at radius 1 is 1.39 bits per heavy atom. The number of amides is 1. The van der Waals surface area contributed by atoms with Crippen molar-refractivity contribution in [2.24, 2.45) is 0 Å². The summed E-state index contributed by atoms with van der Waals surface area (Å²) >= 11 is 0. The SMILES string of the molecule is Cc1ccc(C(O)CCCC(=O)NC2CC2)cc1. The highest BCUT2D eigenvalue weighted by atomic mass is 16.3. The van der Waals surface area contributed by atoms with Crippen molar-refractivity contribution in [1.29, 1.82) is 0 Å². The van der Waals surface area contributed by atoms with Crippen molar-refractivity contribution in [3.8, 4) is 0 Å². The van der Waals surface area contributed by atoms with Crippen LogP contribution in [-0.2, 0) is 4.79 Å². The topological polar surface area (TPSA) is 49.3 Å². The minimum Gasteiger partial charge on any atom is -0.388 e. The Bertz CT molecular complexity index is 395. The Hall–Kier alpha value is -1.35. The van der Waals surface area contributed by atoms with E-state index >= 15 is 0 Å². The van der Waals surface area contributed by atoms with E-state index in [9.17, 15) is 9.90 Å². The van der Waals surface area contributed by atoms with Crippen LogP contribution in [0.2, 0.25) is 0 Å². The minimum atomic E-state index is -0.459. The van der Waals surface area contributed by atoms with Crippen molar-refractivity contribution >= 4 is 5.91 Å². The van der Waals surface area contributed by atoms with Crippen molar-refractivity contribution in [3.05, 3.63) is 35.4 Å². The van der Waals surface area contributed by atoms with Gasteiger partial charge in [0.05, 0.1) is 6.10 Å². The highest BCUT2D eigenvalue weighted by Gasteiger charge is 2.22. The molecule has 1 amide bonds. The maximum absolute atomic E-state index is 11.5. The molecule has 0 spiro atoms. The number of aryl methyl sites for hydroxylation is 1. The molecule has 1 aromatic rings. The van der Waals surface area contributed by atoms with Gasteiger partial charge in [0.25, 0.3) is 0 Å². The summed E-state index contributed by atoms with van der Waals surface area (Å²) in [4.78, 5) is 11.5. The first-order chi connectivity index (χ1) is 8.65. The maximum atomic E-state index is 11.5. The maximum Gasteiger partial charge on any atom is 0.220 e. The Morgan fingerprint density at radius 3 is 2.67 bits per heavy atom. The molecule has 3 heteroatoms. The van der Waals surface area contributed by atoms with Crippen LogP contribution in [0.5, 0.6) is 0 Å². The van der Waals surface area contributed by atoms with Gasteiger partial charge in [0.2, 0.25) is 5.91 Å². The Labute approximate surface area is 108 Å². The largest absolute Gasteiger partial charge is 0.388 e. The molecule has 1 fully saturated rings. The van der Waals surface area contributed by atoms with Crippen molar-refractivity contribution in [3.63, 3.8) is 0 Å². The van der Waals surface area contributed by atoms with Gasteiger partial charge in [-0.2, -0.15) is 0 Å². The van der Waals surface area contributed by atoms with Gasteiger partial charge in [-0.3, -0.25) is 4.79 Å². The zero-order chi connectivity index (χ0) is 13.0. The number of benzene rings is 1. The van der Waals surface area contributed by atoms with Crippen LogP contribution in [0.3, 0.4) is 0 Å². The number of rotatable bonds is 6. The molecule has 2 N–H and O–H groups in total. The third kappa shape index (κ3) is 4.15. The van der Waals surface area contributed by atoms with E-state index in [-0.39, 0.29) is 5.91 Å². The molecule has 1 saturated carbocycles. The number of carbonyl (C=O) groups is 1. The highest BCUT2D eigenvalue weighted by Crippen LogP contribution is 2.21. The first-order valence-corrected chi connectivity index (χ1v) is 6.69. The summed E-state index contributed by atoms with van der Waals surface area (Å²) in [5.74, 6) is 0.119. The second-order valence-corrected chi connectivity index (χ2v) is 5.16. The van der Waals surface area contributed by atoms with Crippen LogP contribution < -0.4 is 5.32 Å². The monoisotopic (exact) mass is 247 g/mol. The molecular formula is C15H21NO2. The van der Waals surface area contributed by atoms with Gasteiger partial charge in [-0.15, -0.1) is 0 Å². The van der Waals surface area contributed by atoms with Gasteiger partial charge in [-0.05, 0) is 38.2 Å². The number of hydrogen-bond donors (Lipinski definition) is 2. The lowest BCUT2D eigenvalue weighted by molar-refractivity contribution is -0.121. The Balaban J connectivity index is 1.68. The fourth-order valence-corrected chi connectivity index (χ4v) is 1.94. The van der Waals surface area contributed by atoms with E-state index < -0.39 is 6.10 Å². The summed E-state index contributed by atoms with van der Waals surface area (Å²) < 4.78 is 0. The molecule has 0 heterocycles. The van der Waals surface area contributed by atoms with Gasteiger partial charge in [0.1, 0.15) is 0 Å². The van der Waals surface area contributed by atoms with Crippen molar-refractivity contribution in [1.82, 2.24) is 5.32 Å². The van der Waals surface area contributed by atoms with Crippen molar-refractivity contribution < 1.29 is 9.90 Å². The first-order valence-electron chi connectivity index (χ1n) is 6.69. The lowest BCUT2D eigenvalue weighted by Gasteiger charge is -2.11. The second-order valence-electron chi connectivity index (χ2n) is 5.16. The lowest BCUT2D eigenvalue weighted by Crippen LogP contribution is -2.24. The molecule has 0 saturated heterocycles. The van der Waals surface area contributed by atoms with Crippen LogP contribution in [0.15, 0.2) is 24.3 Å². The standard InChI is InChI=1S/C15H21NO2/c1-11-5-7-12(8-6-11)14(17)3-2-4-15(18)16-13-9-10-13/h5-8,13-14,17H,2-4,9-10H2,1H3,(H,16,18). The number of hydrogen-bond acceptors (Lipinski definition) is 2. The van der Waals surface area contributed by atoms with Crippen LogP contribution in [0, 0.1) is 6.92 Å². The van der Waals surface area contributed by atoms with E-state index in [0.29, 0.717) is 18.9 Å². The Kier molecular flexibility index (Phi) is 4.37. The second kappa shape index (κ2) is 6.01. The Morgan fingerprint density at radius 2 is 2.06 bits per heavy atom. The van der Waals surface area contributed by atoms with Gasteiger partial charge in [0.15, 0.2) is 0 Å². The zero-order valence-electron chi connectivity index (χ0n) is 10.9. The third-order valence-electron chi connectivity index (χ3n) is 3.29. The van der Waals surface area contributed by atoms with Gasteiger partial charge in [-0.1, -0.05) is 29.8 Å². The third-order valence-corrected chi connectivity index (χ3v) is 3.29. The molecule has 98 valence electrons. The summed E-state index contributed by atoms with van der Waals surface area (Å²) in [5, 5.41) is 12.9. The van der Waals surface area contributed by atoms with Crippen molar-refractivity contribution in [2.45, 2.75) is 51.2 Å². The van der Waals surface area contributed by atoms with E-state index in [2.05, 4.69) is 5.32 Å². The van der Waals surface area contributed by atoms with Gasteiger partial charge in [-0.25, -0.2) is 0 Å². The number of aliphatic hydroxyl groups is 1. The lowest BCUT2D eigenvalue weighted by atomic mass is 10.0. The van der Waals surface area contributed by atoms with E-state index in [1.54, 1.807) is 0 Å². The number of carbonyl (C=O) groups excluding carboxylic acids is 1. The summed E-state index contributed by atoms with van der Waals surface area (Å²) in [6.45, 7) is 2.03. The summed E-state index contributed by atoms with van der Waals surface area (Å²) in [6, 6.07) is 8.32. The van der Waals surface area contributed by atoms with Crippen LogP contribution >= 0.6 is 0 Å². The minimum absolute atomic E-state index is 0.119. The van der Waals surface area contributed by atoms with E-state index in [4.69, 9.17) is 0 Å². The number of aliphatic hydroxyl groups excluding tert-OH is 1. The normalized spacial score (nSPS) is 16.3. The highest BCUT2D eigenvalue weighted by molar-refractivity contribution is 5.76. The first kappa shape index (κ1) is 13.1. The molecular weight excluding hydrogens is 226 g/mol. The van der Waals surface area contributed by atoms with Crippen LogP contribution in [-0.4, -0.2) is 17.1 Å². The molecule has 18 heavy (non-hydrogen) atoms. The van der Waals surface area contributed by atoms with E-state index in [1.165, 1.54) is 5.56 Å². The molecule has 0 aromatic heterocycles. The van der Waals surface area contributed by atoms with Crippen LogP contribution in [0.25, 0.3) is 0 Å². The van der Waals surface area contributed by atoms with Gasteiger partial charge < -0.3 is 10.4 Å². The molecule has 0 bridgehead atoms. The molecule has 0 aliphatic heterocycles. The molecule has 2 rings (SSSR count). The number of nitrogens with one attached hydrogen (secondary N) is 1. The van der Waals surface area contributed by atoms with E-state index in [1.807, 2.05) is 31.2 Å². The molecule has 1 atom stereocenters. The average molecular weight is 247 g/mol. The molecule has 0 radical (unpaired) electrons. The van der Waals surface area contributed by atoms with Crippen LogP contribution in [0.4, 0.5) is 0 Å². The predicted molar refractivity (Wildman–Crippen MR) is 71.2 cm³/mol. The fraction of sp³-hybridized carbons (Fsp3) is 0.533. The average Bonchev–Trinajstić information content (AvgIpc) is 3.13. The molecule has 1 aliphatic rings. The van der Waals surface area contributed by atoms with Crippen LogP contribution in [0.1, 0.15) is 49.3 Å². The predicted octanol–water partition coefficient (Wildman–Crippen LogP) is 2.48. The fourth-order valence-electron chi connectivity index (χ4n) is 1.94. The molecule has 3 nitrogen and oxygen atoms in total. The summed E-state index contributed by atoms with van der Waals surface area (Å²) in [6.07, 6.45) is 3.67. The summed E-state index contributed by atoms with van der Waals surface area (Å²) in [7, 11) is 0. The van der Waals surface area contributed by atoms with Crippen molar-refractivity contribution in [2.75, 3.05) is 0 Å². The quantitative estimate of drug-likeness (QED) is 0.811. The molecule has 1 aromatic carbocycles. The van der Waals surface area contributed by atoms with E-state index in [0.717, 1.165) is 24.8 Å². The summed E-state index contributed by atoms with van der Waals surface area (Å²) in [5.41, 5.74) is 2.12. The smallest absolute Gasteiger partial charge is 0.220 e. The zero-order valence-corrected chi connectivity index (χ0v) is 10.9. The van der Waals surface area contributed by atoms with Gasteiger partial charge in [0, 0.05) is 12.5 Å².